The number of aliphatic carboxylic acids is 1. The Balaban J connectivity index is 0.000000142. The number of carboxylic acids is 1. The number of nitrogens with zero attached hydrogens (tertiary/aromatic N) is 9. The molecule has 648 valence electrons. The van der Waals surface area contributed by atoms with Crippen LogP contribution < -0.4 is 44.0 Å². The summed E-state index contributed by atoms with van der Waals surface area (Å²) in [6, 6.07) is 44.2. The summed E-state index contributed by atoms with van der Waals surface area (Å²) in [5.74, 6) is 1.48. The van der Waals surface area contributed by atoms with Gasteiger partial charge in [0.25, 0.3) is 11.8 Å². The first kappa shape index (κ1) is 92.7. The monoisotopic (exact) mass is 1830 g/mol. The number of aliphatic hydroxyl groups is 1. The van der Waals surface area contributed by atoms with Gasteiger partial charge in [-0.15, -0.1) is 5.10 Å². The second kappa shape index (κ2) is 42.9. The molecule has 4 aliphatic rings. The van der Waals surface area contributed by atoms with Crippen LogP contribution in [0.3, 0.4) is 0 Å². The maximum Gasteiger partial charge on any atom is 0.387 e. The first-order chi connectivity index (χ1) is 60.2. The number of aliphatic hydroxyl groups excluding tert-OH is 1. The van der Waals surface area contributed by atoms with Gasteiger partial charge >= 0.3 is 12.6 Å². The molecule has 1 atom stereocenters. The van der Waals surface area contributed by atoms with Crippen LogP contribution in [0, 0.1) is 23.2 Å². The Morgan fingerprint density at radius 2 is 1.27 bits per heavy atom. The average Bonchev–Trinajstić information content (AvgIpc) is 1.29. The fraction of sp³-hybridized carbons (Fsp3) is 0.283. The zero-order valence-corrected chi connectivity index (χ0v) is 73.6. The molecule has 125 heavy (non-hydrogen) atoms. The van der Waals surface area contributed by atoms with Gasteiger partial charge < -0.3 is 58.6 Å². The number of carbonyl (C=O) groups is 4. The number of halogens is 9. The third-order valence-corrected chi connectivity index (χ3v) is 23.2. The molecule has 0 radical (unpaired) electrons. The molecular formula is C92H84Cl7F2N11O13. The second-order valence-corrected chi connectivity index (χ2v) is 32.1. The summed E-state index contributed by atoms with van der Waals surface area (Å²) in [7, 11) is 4.74. The number of Topliss-reactive ketones (excluding diaryl/α,β-unsaturated/α-hetero) is 1. The molecule has 0 spiro atoms. The topological polar surface area (TPSA) is 318 Å². The quantitative estimate of drug-likeness (QED) is 0.0432. The number of ketones is 1. The van der Waals surface area contributed by atoms with E-state index in [1.807, 2.05) is 110 Å². The number of nitrogens with one attached hydrogen (secondary N) is 2. The van der Waals surface area contributed by atoms with Crippen molar-refractivity contribution in [3.8, 4) is 51.8 Å². The highest BCUT2D eigenvalue weighted by Crippen LogP contribution is 2.46. The van der Waals surface area contributed by atoms with Gasteiger partial charge in [-0.1, -0.05) is 137 Å². The molecule has 7 heterocycles. The number of furan rings is 1. The zero-order chi connectivity index (χ0) is 89.2. The molecule has 1 unspecified atom stereocenters. The summed E-state index contributed by atoms with van der Waals surface area (Å²) in [4.78, 5) is 70.5. The number of ether oxygens (including phenoxy) is 6. The van der Waals surface area contributed by atoms with E-state index in [1.165, 1.54) is 75.9 Å². The van der Waals surface area contributed by atoms with E-state index in [-0.39, 0.29) is 77.7 Å². The molecule has 0 saturated heterocycles. The lowest BCUT2D eigenvalue weighted by atomic mass is 9.67. The van der Waals surface area contributed by atoms with Crippen LogP contribution in [0.1, 0.15) is 150 Å². The number of hydrogen-bond acceptors (Lipinski definition) is 21. The maximum absolute atomic E-state index is 12.7. The van der Waals surface area contributed by atoms with Gasteiger partial charge in [0, 0.05) is 106 Å². The fourth-order valence-corrected chi connectivity index (χ4v) is 15.8. The number of nitriles is 1. The predicted octanol–water partition coefficient (Wildman–Crippen LogP) is 22.5. The number of fused-ring (bicyclic) bond motifs is 3. The highest BCUT2D eigenvalue weighted by molar-refractivity contribution is 6.41. The number of rotatable bonds is 23. The van der Waals surface area contributed by atoms with Gasteiger partial charge in [-0.05, 0) is 186 Å². The number of methoxy groups -OCH3 is 3. The number of anilines is 3. The third-order valence-electron chi connectivity index (χ3n) is 21.1. The average molecular weight is 1840 g/mol. The van der Waals surface area contributed by atoms with Gasteiger partial charge in [0.1, 0.15) is 17.3 Å². The van der Waals surface area contributed by atoms with Gasteiger partial charge in [0.2, 0.25) is 6.35 Å². The minimum atomic E-state index is -2.99. The molecule has 4 N–H and O–H groups in total. The summed E-state index contributed by atoms with van der Waals surface area (Å²) >= 11 is 42.7. The minimum absolute atomic E-state index is 0.0803. The summed E-state index contributed by atoms with van der Waals surface area (Å²) in [5, 5.41) is 48.4. The molecule has 33 heteroatoms. The number of aromatic nitrogens is 6. The van der Waals surface area contributed by atoms with Gasteiger partial charge in [0.15, 0.2) is 45.9 Å². The number of hydrogen-bond donors (Lipinski definition) is 4. The number of alkyl halides is 2. The van der Waals surface area contributed by atoms with Crippen LogP contribution in [0.15, 0.2) is 186 Å². The normalized spacial score (nSPS) is 15.7. The summed E-state index contributed by atoms with van der Waals surface area (Å²) in [6.45, 7) is 3.45. The number of amides is 2. The lowest BCUT2D eigenvalue weighted by Crippen LogP contribution is -2.39. The van der Waals surface area contributed by atoms with Crippen molar-refractivity contribution in [3.63, 3.8) is 0 Å². The van der Waals surface area contributed by atoms with Crippen molar-refractivity contribution in [2.24, 2.45) is 16.8 Å². The Morgan fingerprint density at radius 1 is 0.640 bits per heavy atom. The lowest BCUT2D eigenvalue weighted by Gasteiger charge is -2.34. The number of aryl methyl sites for hydroxylation is 1. The van der Waals surface area contributed by atoms with Crippen molar-refractivity contribution in [2.45, 2.75) is 122 Å². The van der Waals surface area contributed by atoms with Gasteiger partial charge in [-0.25, -0.2) is 9.98 Å². The molecule has 0 bridgehead atoms. The number of benzene rings is 6. The third kappa shape index (κ3) is 23.0. The standard InChI is InChI=1S/C21H15Cl2N3O.C20H25NO4.C17H14Cl2F2N2O3.C17H12Cl2N2O4.C17H18ClN3O/c1-27-14-7-8-15-16(9-14)21(13-5-3-2-4-6-13)26-25-20(15)10-17-18(22)11-24-12-19(17)23;1-24-17-7-6-15(12-18(17)25-16-4-2-3-5-16)20(13-21)10-8-14(9-11-20)19(22)23;18-11-6-22-7-12(19)15(11)23-16(24)10-3-4-13(26-17(20)21)14(5-10)25-8-9-1-2-9;1-8(22)14-5-10-9(3-4-13(24-2)16(10)25-14)17(23)21-15-11(18)6-20-7-12(15)19;1-3-13-8-9-14-15(11-6-5-7-12(18)10-11)20-17(22)21(4-2)16(14)19-13/h2-9,11-12H,10H2,1H3;6-7,12,14,16H,2-5,8-11H2,1H3,(H,22,23);3-7,9,17H,1-2,8H2,(H,22,23,24);3-7H,1-2H3,(H,20,21,23);5-10,17,22H,3-4H2,1-2H3. The van der Waals surface area contributed by atoms with Crippen molar-refractivity contribution in [1.29, 1.82) is 5.26 Å². The number of carboxylic acid groups (broad SMARTS) is 1. The van der Waals surface area contributed by atoms with Crippen molar-refractivity contribution in [2.75, 3.05) is 50.0 Å². The van der Waals surface area contributed by atoms with Gasteiger partial charge in [0.05, 0.1) is 110 Å². The molecular weight excluding hydrogens is 1750 g/mol. The van der Waals surface area contributed by atoms with Crippen molar-refractivity contribution >= 4 is 149 Å². The van der Waals surface area contributed by atoms with Crippen LogP contribution in [0.5, 0.6) is 34.5 Å². The van der Waals surface area contributed by atoms with Crippen LogP contribution in [-0.4, -0.2) is 123 Å². The Morgan fingerprint density at radius 3 is 1.86 bits per heavy atom. The molecule has 24 nitrogen and oxygen atoms in total. The van der Waals surface area contributed by atoms with Gasteiger partial charge in [-0.3, -0.25) is 34.1 Å². The Bertz CT molecular complexity index is 5930. The van der Waals surface area contributed by atoms with E-state index < -0.39 is 36.2 Å². The van der Waals surface area contributed by atoms with E-state index >= 15 is 0 Å². The summed E-state index contributed by atoms with van der Waals surface area (Å²) < 4.78 is 62.8. The van der Waals surface area contributed by atoms with E-state index in [2.05, 4.69) is 63.5 Å². The first-order valence-electron chi connectivity index (χ1n) is 39.7. The molecule has 1 aliphatic heterocycles. The largest absolute Gasteiger partial charge is 0.497 e. The SMILES string of the molecule is CCc1ccc2c(n1)N(CC)C(O)N=C2c1cccc(Cl)c1.COc1ccc(C(=O)Nc2c(Cl)cncc2Cl)c2cc(C(C)=O)oc12.COc1ccc(C2(C#N)CCC(C(=O)O)CC2)cc1OC1CCCC1.COc1ccc2c(Cc3c(Cl)cncc3Cl)nnc(-c3ccccc3)c2c1.O=C(Nc1c(Cl)cncc1Cl)c1ccc(OC(F)F)c(OCC2CC2)c1. The van der Waals surface area contributed by atoms with Crippen LogP contribution in [0.25, 0.3) is 33.0 Å². The minimum Gasteiger partial charge on any atom is -0.497 e. The molecule has 6 aromatic carbocycles. The summed E-state index contributed by atoms with van der Waals surface area (Å²) in [5.41, 5.74) is 8.43. The van der Waals surface area contributed by atoms with Crippen molar-refractivity contribution in [3.05, 3.63) is 262 Å². The second-order valence-electron chi connectivity index (χ2n) is 29.3. The van der Waals surface area contributed by atoms with E-state index in [0.29, 0.717) is 94.5 Å². The van der Waals surface area contributed by atoms with E-state index in [0.717, 1.165) is 105 Å². The maximum atomic E-state index is 12.7. The number of aliphatic imine (C=N–C) groups is 1. The predicted molar refractivity (Wildman–Crippen MR) is 480 cm³/mol. The molecule has 3 saturated carbocycles. The lowest BCUT2D eigenvalue weighted by molar-refractivity contribution is -0.143. The van der Waals surface area contributed by atoms with E-state index in [1.54, 1.807) is 43.6 Å². The number of pyridine rings is 4. The molecule has 12 aromatic rings. The smallest absolute Gasteiger partial charge is 0.387 e. The van der Waals surface area contributed by atoms with E-state index in [9.17, 15) is 43.4 Å². The van der Waals surface area contributed by atoms with Gasteiger partial charge in [-0.2, -0.15) is 19.1 Å². The molecule has 3 aliphatic carbocycles. The molecule has 3 fully saturated rings. The highest BCUT2D eigenvalue weighted by atomic mass is 35.5. The van der Waals surface area contributed by atoms with Crippen molar-refractivity contribution < 1.29 is 71.0 Å². The highest BCUT2D eigenvalue weighted by Gasteiger charge is 2.40. The molecule has 16 rings (SSSR count). The first-order valence-corrected chi connectivity index (χ1v) is 42.4. The van der Waals surface area contributed by atoms with Crippen LogP contribution in [0.4, 0.5) is 26.0 Å². The fourth-order valence-electron chi connectivity index (χ4n) is 14.2. The van der Waals surface area contributed by atoms with Crippen LogP contribution >= 0.6 is 81.2 Å². The summed E-state index contributed by atoms with van der Waals surface area (Å²) in [6.07, 6.45) is 17.9. The number of carbonyl (C=O) groups excluding carboxylic acids is 3. The zero-order valence-electron chi connectivity index (χ0n) is 68.3. The molecule has 6 aromatic heterocycles. The van der Waals surface area contributed by atoms with Crippen LogP contribution in [0.2, 0.25) is 35.2 Å². The Labute approximate surface area is 754 Å². The molecule has 2 amide bonds. The Hall–Kier alpha value is -11.5. The van der Waals surface area contributed by atoms with E-state index in [4.69, 9.17) is 109 Å². The van der Waals surface area contributed by atoms with Crippen molar-refractivity contribution in [1.82, 2.24) is 30.1 Å². The Kier molecular flexibility index (Phi) is 31.8. The van der Waals surface area contributed by atoms with Crippen LogP contribution in [-0.2, 0) is 23.1 Å².